The average Bonchev–Trinajstić information content (AvgIpc) is 2.85. The molecular formula is C15H19N3O2S. The van der Waals surface area contributed by atoms with Gasteiger partial charge in [0.15, 0.2) is 0 Å². The lowest BCUT2D eigenvalue weighted by Crippen LogP contribution is -2.35. The number of rotatable bonds is 3. The molecule has 6 heteroatoms. The second-order valence-corrected chi connectivity index (χ2v) is 6.54. The number of hydrogen-bond acceptors (Lipinski definition) is 5. The van der Waals surface area contributed by atoms with Crippen LogP contribution >= 0.6 is 11.3 Å². The highest BCUT2D eigenvalue weighted by molar-refractivity contribution is 7.21. The van der Waals surface area contributed by atoms with Crippen LogP contribution in [0.3, 0.4) is 0 Å². The third-order valence-corrected chi connectivity index (χ3v) is 5.00. The number of aromatic nitrogens is 1. The highest BCUT2D eigenvalue weighted by atomic mass is 32.1. The summed E-state index contributed by atoms with van der Waals surface area (Å²) >= 11 is 1.41. The van der Waals surface area contributed by atoms with Crippen LogP contribution in [0.15, 0.2) is 18.5 Å². The molecule has 2 aromatic rings. The zero-order chi connectivity index (χ0) is 14.8. The monoisotopic (exact) mass is 305 g/mol. The fourth-order valence-electron chi connectivity index (χ4n) is 2.72. The molecule has 112 valence electrons. The van der Waals surface area contributed by atoms with E-state index in [1.807, 2.05) is 13.1 Å². The summed E-state index contributed by atoms with van der Waals surface area (Å²) in [6.07, 6.45) is 5.64. The zero-order valence-corrected chi connectivity index (χ0v) is 12.9. The van der Waals surface area contributed by atoms with Gasteiger partial charge in [-0.1, -0.05) is 0 Å². The van der Waals surface area contributed by atoms with Crippen LogP contribution in [0.2, 0.25) is 0 Å². The quantitative estimate of drug-likeness (QED) is 0.945. The molecule has 3 rings (SSSR count). The van der Waals surface area contributed by atoms with Gasteiger partial charge >= 0.3 is 0 Å². The third-order valence-electron chi connectivity index (χ3n) is 3.86. The molecular weight excluding hydrogens is 286 g/mol. The Hall–Kier alpha value is -1.66. The van der Waals surface area contributed by atoms with Crippen molar-refractivity contribution < 1.29 is 9.53 Å². The number of nitrogen functional groups attached to an aromatic ring is 1. The van der Waals surface area contributed by atoms with Gasteiger partial charge in [-0.25, -0.2) is 0 Å². The number of thiophene rings is 1. The summed E-state index contributed by atoms with van der Waals surface area (Å²) in [6.45, 7) is 2.29. The summed E-state index contributed by atoms with van der Waals surface area (Å²) in [5.41, 5.74) is 6.69. The molecule has 0 radical (unpaired) electrons. The normalized spacial score (nSPS) is 18.8. The second-order valence-electron chi connectivity index (χ2n) is 5.49. The van der Waals surface area contributed by atoms with Crippen LogP contribution in [0.1, 0.15) is 22.5 Å². The molecule has 0 aliphatic carbocycles. The van der Waals surface area contributed by atoms with Crippen LogP contribution in [0.4, 0.5) is 5.69 Å². The number of fused-ring (bicyclic) bond motifs is 1. The van der Waals surface area contributed by atoms with Crippen LogP contribution in [0.5, 0.6) is 0 Å². The molecule has 0 spiro atoms. The largest absolute Gasteiger partial charge is 0.397 e. The standard InChI is InChI=1S/C15H19N3O2S/c1-18(8-10-3-2-6-20-9-10)15(19)14-13(16)11-4-5-17-7-12(11)21-14/h4-5,7,10H,2-3,6,8-9,16H2,1H3. The van der Waals surface area contributed by atoms with Crippen molar-refractivity contribution in [3.05, 3.63) is 23.3 Å². The minimum absolute atomic E-state index is 0.0146. The van der Waals surface area contributed by atoms with Gasteiger partial charge in [0.05, 0.1) is 17.0 Å². The molecule has 21 heavy (non-hydrogen) atoms. The first-order valence-electron chi connectivity index (χ1n) is 7.12. The van der Waals surface area contributed by atoms with Crippen LogP contribution in [-0.4, -0.2) is 42.6 Å². The van der Waals surface area contributed by atoms with Gasteiger partial charge in [-0.2, -0.15) is 0 Å². The maximum absolute atomic E-state index is 12.6. The number of hydrogen-bond donors (Lipinski definition) is 1. The number of anilines is 1. The van der Waals surface area contributed by atoms with E-state index in [-0.39, 0.29) is 5.91 Å². The molecule has 2 N–H and O–H groups in total. The van der Waals surface area contributed by atoms with Crippen molar-refractivity contribution in [2.45, 2.75) is 12.8 Å². The van der Waals surface area contributed by atoms with E-state index in [4.69, 9.17) is 10.5 Å². The number of amides is 1. The Bertz CT molecular complexity index is 649. The lowest BCUT2D eigenvalue weighted by atomic mass is 10.0. The zero-order valence-electron chi connectivity index (χ0n) is 12.0. The summed E-state index contributed by atoms with van der Waals surface area (Å²) in [4.78, 5) is 19.0. The molecule has 1 atom stereocenters. The minimum Gasteiger partial charge on any atom is -0.397 e. The summed E-state index contributed by atoms with van der Waals surface area (Å²) < 4.78 is 6.42. The van der Waals surface area contributed by atoms with Crippen molar-refractivity contribution in [2.75, 3.05) is 32.5 Å². The van der Waals surface area contributed by atoms with Crippen molar-refractivity contribution >= 4 is 33.0 Å². The Labute approximate surface area is 127 Å². The lowest BCUT2D eigenvalue weighted by Gasteiger charge is -2.27. The van der Waals surface area contributed by atoms with Gasteiger partial charge in [-0.05, 0) is 24.8 Å². The van der Waals surface area contributed by atoms with E-state index in [1.54, 1.807) is 17.3 Å². The van der Waals surface area contributed by atoms with Gasteiger partial charge in [-0.3, -0.25) is 9.78 Å². The first-order chi connectivity index (χ1) is 10.2. The topological polar surface area (TPSA) is 68.5 Å². The predicted molar refractivity (Wildman–Crippen MR) is 84.5 cm³/mol. The molecule has 5 nitrogen and oxygen atoms in total. The van der Waals surface area contributed by atoms with Gasteiger partial charge < -0.3 is 15.4 Å². The van der Waals surface area contributed by atoms with Crippen molar-refractivity contribution in [2.24, 2.45) is 5.92 Å². The Kier molecular flexibility index (Phi) is 4.07. The van der Waals surface area contributed by atoms with Gasteiger partial charge in [-0.15, -0.1) is 11.3 Å². The van der Waals surface area contributed by atoms with Crippen molar-refractivity contribution in [1.82, 2.24) is 9.88 Å². The van der Waals surface area contributed by atoms with E-state index in [2.05, 4.69) is 4.98 Å². The molecule has 0 saturated carbocycles. The van der Waals surface area contributed by atoms with E-state index in [0.717, 1.165) is 36.1 Å². The van der Waals surface area contributed by atoms with Crippen LogP contribution in [0.25, 0.3) is 10.1 Å². The molecule has 0 aromatic carbocycles. The maximum atomic E-state index is 12.6. The number of nitrogens with two attached hydrogens (primary N) is 1. The molecule has 3 heterocycles. The Morgan fingerprint density at radius 1 is 1.62 bits per heavy atom. The van der Waals surface area contributed by atoms with Crippen LogP contribution in [-0.2, 0) is 4.74 Å². The van der Waals surface area contributed by atoms with Crippen molar-refractivity contribution in [3.63, 3.8) is 0 Å². The smallest absolute Gasteiger partial charge is 0.265 e. The first kappa shape index (κ1) is 14.3. The number of ether oxygens (including phenoxy) is 1. The second kappa shape index (κ2) is 5.99. The molecule has 1 unspecified atom stereocenters. The highest BCUT2D eigenvalue weighted by Crippen LogP contribution is 2.33. The van der Waals surface area contributed by atoms with Gasteiger partial charge in [0.1, 0.15) is 4.88 Å². The predicted octanol–water partition coefficient (Wildman–Crippen LogP) is 2.38. The van der Waals surface area contributed by atoms with E-state index in [0.29, 0.717) is 23.0 Å². The number of carbonyl (C=O) groups excluding carboxylic acids is 1. The third kappa shape index (κ3) is 2.87. The number of nitrogens with zero attached hydrogens (tertiary/aromatic N) is 2. The van der Waals surface area contributed by atoms with Crippen LogP contribution in [0, 0.1) is 5.92 Å². The van der Waals surface area contributed by atoms with E-state index < -0.39 is 0 Å². The van der Waals surface area contributed by atoms with Gasteiger partial charge in [0, 0.05) is 38.0 Å². The summed E-state index contributed by atoms with van der Waals surface area (Å²) in [6, 6.07) is 1.85. The van der Waals surface area contributed by atoms with Gasteiger partial charge in [0.25, 0.3) is 5.91 Å². The maximum Gasteiger partial charge on any atom is 0.265 e. The highest BCUT2D eigenvalue weighted by Gasteiger charge is 2.23. The molecule has 2 aromatic heterocycles. The number of carbonyl (C=O) groups is 1. The average molecular weight is 305 g/mol. The SMILES string of the molecule is CN(CC1CCCOC1)C(=O)c1sc2cnccc2c1N. The summed E-state index contributed by atoms with van der Waals surface area (Å²) in [5.74, 6) is 0.407. The molecule has 1 aliphatic heterocycles. The van der Waals surface area contributed by atoms with Crippen LogP contribution < -0.4 is 5.73 Å². The molecule has 1 aliphatic rings. The van der Waals surface area contributed by atoms with Crippen molar-refractivity contribution in [3.8, 4) is 0 Å². The molecule has 0 bridgehead atoms. The minimum atomic E-state index is -0.0146. The first-order valence-corrected chi connectivity index (χ1v) is 7.93. The van der Waals surface area contributed by atoms with Crippen molar-refractivity contribution in [1.29, 1.82) is 0 Å². The number of pyridine rings is 1. The molecule has 1 amide bonds. The Morgan fingerprint density at radius 2 is 2.48 bits per heavy atom. The molecule has 1 saturated heterocycles. The molecule has 1 fully saturated rings. The van der Waals surface area contributed by atoms with E-state index in [1.165, 1.54) is 11.3 Å². The summed E-state index contributed by atoms with van der Waals surface area (Å²) in [5, 5.41) is 0.910. The fraction of sp³-hybridized carbons (Fsp3) is 0.467. The Balaban J connectivity index is 1.77. The van der Waals surface area contributed by atoms with E-state index >= 15 is 0 Å². The fourth-order valence-corrected chi connectivity index (χ4v) is 3.81. The Morgan fingerprint density at radius 3 is 3.19 bits per heavy atom. The summed E-state index contributed by atoms with van der Waals surface area (Å²) in [7, 11) is 1.83. The van der Waals surface area contributed by atoms with Gasteiger partial charge in [0.2, 0.25) is 0 Å². The van der Waals surface area contributed by atoms with E-state index in [9.17, 15) is 4.79 Å². The lowest BCUT2D eigenvalue weighted by molar-refractivity contribution is 0.0390.